The summed E-state index contributed by atoms with van der Waals surface area (Å²) in [6.07, 6.45) is 0. The van der Waals surface area contributed by atoms with Gasteiger partial charge >= 0.3 is 5.69 Å². The summed E-state index contributed by atoms with van der Waals surface area (Å²) in [5, 5.41) is 13.3. The van der Waals surface area contributed by atoms with Gasteiger partial charge in [-0.2, -0.15) is 0 Å². The molecule has 1 N–H and O–H groups in total. The summed E-state index contributed by atoms with van der Waals surface area (Å²) in [6.45, 7) is 7.38. The van der Waals surface area contributed by atoms with E-state index in [4.69, 9.17) is 0 Å². The van der Waals surface area contributed by atoms with Crippen molar-refractivity contribution in [3.63, 3.8) is 0 Å². The van der Waals surface area contributed by atoms with Crippen molar-refractivity contribution < 1.29 is 9.72 Å². The normalized spacial score (nSPS) is 12.5. The second-order valence-electron chi connectivity index (χ2n) is 8.56. The number of carbonyl (C=O) groups excluding carboxylic acids is 1. The Labute approximate surface area is 193 Å². The van der Waals surface area contributed by atoms with Crippen LogP contribution in [-0.2, 0) is 24.3 Å². The quantitative estimate of drug-likeness (QED) is 0.258. The molecular formula is C21H24N6O5S. The van der Waals surface area contributed by atoms with Crippen LogP contribution in [0.3, 0.4) is 0 Å². The third kappa shape index (κ3) is 4.80. The van der Waals surface area contributed by atoms with Crippen molar-refractivity contribution >= 4 is 40.1 Å². The number of hydrogen-bond acceptors (Lipinski definition) is 8. The topological polar surface area (TPSA) is 142 Å². The molecule has 3 aromatic rings. The van der Waals surface area contributed by atoms with Crippen molar-refractivity contribution in [3.05, 3.63) is 61.0 Å². The minimum Gasteiger partial charge on any atom is -0.325 e. The van der Waals surface area contributed by atoms with E-state index < -0.39 is 26.8 Å². The second kappa shape index (κ2) is 8.77. The van der Waals surface area contributed by atoms with Gasteiger partial charge in [0, 0.05) is 37.3 Å². The number of aryl methyl sites for hydroxylation is 1. The number of thioether (sulfide) groups is 1. The van der Waals surface area contributed by atoms with E-state index in [9.17, 15) is 24.5 Å². The number of benzene rings is 1. The predicted molar refractivity (Wildman–Crippen MR) is 126 cm³/mol. The van der Waals surface area contributed by atoms with E-state index in [2.05, 4.69) is 15.3 Å². The van der Waals surface area contributed by atoms with Gasteiger partial charge in [0.1, 0.15) is 16.2 Å². The predicted octanol–water partition coefficient (Wildman–Crippen LogP) is 2.35. The highest BCUT2D eigenvalue weighted by molar-refractivity contribution is 8.00. The average Bonchev–Trinajstić information content (AvgIpc) is 2.75. The Morgan fingerprint density at radius 2 is 1.73 bits per heavy atom. The van der Waals surface area contributed by atoms with Crippen LogP contribution in [0.25, 0.3) is 11.0 Å². The van der Waals surface area contributed by atoms with E-state index in [1.807, 2.05) is 20.8 Å². The summed E-state index contributed by atoms with van der Waals surface area (Å²) < 4.78 is 2.27. The zero-order chi connectivity index (χ0) is 24.7. The lowest BCUT2D eigenvalue weighted by Gasteiger charge is -2.20. The molecule has 2 aromatic heterocycles. The number of amides is 1. The molecule has 0 radical (unpaired) electrons. The van der Waals surface area contributed by atoms with Crippen molar-refractivity contribution in [2.24, 2.45) is 14.1 Å². The number of nitro groups is 1. The molecule has 174 valence electrons. The van der Waals surface area contributed by atoms with Crippen LogP contribution in [0.5, 0.6) is 0 Å². The summed E-state index contributed by atoms with van der Waals surface area (Å²) >= 11 is 1.08. The molecule has 33 heavy (non-hydrogen) atoms. The number of hydrogen-bond donors (Lipinski definition) is 1. The van der Waals surface area contributed by atoms with E-state index in [0.29, 0.717) is 16.5 Å². The first-order valence-electron chi connectivity index (χ1n) is 10.0. The number of rotatable bonds is 5. The molecule has 11 nitrogen and oxygen atoms in total. The lowest BCUT2D eigenvalue weighted by Crippen LogP contribution is -2.38. The van der Waals surface area contributed by atoms with E-state index in [1.165, 1.54) is 42.9 Å². The molecule has 0 saturated heterocycles. The van der Waals surface area contributed by atoms with Crippen molar-refractivity contribution in [2.75, 3.05) is 5.32 Å². The first kappa shape index (κ1) is 24.1. The fourth-order valence-corrected chi connectivity index (χ4v) is 3.92. The summed E-state index contributed by atoms with van der Waals surface area (Å²) in [4.78, 5) is 57.5. The molecular weight excluding hydrogens is 448 g/mol. The van der Waals surface area contributed by atoms with Gasteiger partial charge in [0.2, 0.25) is 5.91 Å². The van der Waals surface area contributed by atoms with Gasteiger partial charge in [0.15, 0.2) is 5.65 Å². The summed E-state index contributed by atoms with van der Waals surface area (Å²) in [5.74, 6) is 0.0586. The molecule has 0 aliphatic heterocycles. The molecule has 3 rings (SSSR count). The van der Waals surface area contributed by atoms with Gasteiger partial charge in [-0.05, 0) is 19.1 Å². The zero-order valence-electron chi connectivity index (χ0n) is 19.1. The number of aromatic nitrogens is 4. The summed E-state index contributed by atoms with van der Waals surface area (Å²) in [6, 6.07) is 5.48. The Morgan fingerprint density at radius 3 is 2.27 bits per heavy atom. The first-order chi connectivity index (χ1) is 15.3. The number of fused-ring (bicyclic) bond motifs is 1. The third-order valence-corrected chi connectivity index (χ3v) is 6.03. The molecule has 12 heteroatoms. The zero-order valence-corrected chi connectivity index (χ0v) is 19.9. The first-order valence-corrected chi connectivity index (χ1v) is 10.9. The van der Waals surface area contributed by atoms with Crippen LogP contribution in [-0.4, -0.2) is 35.2 Å². The molecule has 0 aliphatic rings. The van der Waals surface area contributed by atoms with Crippen molar-refractivity contribution in [1.29, 1.82) is 0 Å². The van der Waals surface area contributed by atoms with Gasteiger partial charge in [-0.25, -0.2) is 14.8 Å². The Hall–Kier alpha value is -3.54. The summed E-state index contributed by atoms with van der Waals surface area (Å²) in [5.41, 5.74) is -0.998. The molecule has 0 fully saturated rings. The van der Waals surface area contributed by atoms with Crippen molar-refractivity contribution in [2.45, 2.75) is 43.4 Å². The molecule has 0 bridgehead atoms. The van der Waals surface area contributed by atoms with Gasteiger partial charge in [0.25, 0.3) is 11.2 Å². The molecule has 1 unspecified atom stereocenters. The Kier molecular flexibility index (Phi) is 6.41. The van der Waals surface area contributed by atoms with E-state index >= 15 is 0 Å². The number of nitro benzene ring substituents is 1. The summed E-state index contributed by atoms with van der Waals surface area (Å²) in [7, 11) is 2.91. The van der Waals surface area contributed by atoms with Gasteiger partial charge < -0.3 is 5.32 Å². The molecule has 0 spiro atoms. The number of carbonyl (C=O) groups is 1. The van der Waals surface area contributed by atoms with Crippen LogP contribution in [0.15, 0.2) is 38.9 Å². The molecule has 0 aliphatic carbocycles. The van der Waals surface area contributed by atoms with Crippen molar-refractivity contribution in [3.8, 4) is 0 Å². The fourth-order valence-electron chi connectivity index (χ4n) is 2.98. The molecule has 0 saturated carbocycles. The highest BCUT2D eigenvalue weighted by atomic mass is 32.2. The van der Waals surface area contributed by atoms with Crippen LogP contribution in [0.2, 0.25) is 0 Å². The maximum atomic E-state index is 12.9. The van der Waals surface area contributed by atoms with Gasteiger partial charge in [0.05, 0.1) is 10.2 Å². The van der Waals surface area contributed by atoms with Gasteiger partial charge in [-0.3, -0.25) is 28.8 Å². The Morgan fingerprint density at radius 1 is 1.12 bits per heavy atom. The SMILES string of the molecule is CC(Sc1nc(C(C)(C)C)nc2c1c(=O)n(C)c(=O)n2C)C(=O)Nc1ccc([N+](=O)[O-])cc1. The minimum absolute atomic E-state index is 0.0842. The lowest BCUT2D eigenvalue weighted by atomic mass is 9.96. The number of nitrogens with one attached hydrogen (secondary N) is 1. The molecule has 1 amide bonds. The van der Waals surface area contributed by atoms with Crippen molar-refractivity contribution in [1.82, 2.24) is 19.1 Å². The molecule has 1 atom stereocenters. The third-order valence-electron chi connectivity index (χ3n) is 4.94. The monoisotopic (exact) mass is 472 g/mol. The average molecular weight is 473 g/mol. The maximum Gasteiger partial charge on any atom is 0.332 e. The minimum atomic E-state index is -0.673. The fraction of sp³-hybridized carbons (Fsp3) is 0.381. The Bertz CT molecular complexity index is 1370. The van der Waals surface area contributed by atoms with Crippen LogP contribution in [0.4, 0.5) is 11.4 Å². The maximum absolute atomic E-state index is 12.9. The number of non-ortho nitro benzene ring substituents is 1. The molecule has 1 aromatic carbocycles. The van der Waals surface area contributed by atoms with E-state index in [-0.39, 0.29) is 22.6 Å². The highest BCUT2D eigenvalue weighted by Crippen LogP contribution is 2.30. The lowest BCUT2D eigenvalue weighted by molar-refractivity contribution is -0.384. The van der Waals surface area contributed by atoms with E-state index in [1.54, 1.807) is 6.92 Å². The highest BCUT2D eigenvalue weighted by Gasteiger charge is 2.26. The van der Waals surface area contributed by atoms with Crippen LogP contribution >= 0.6 is 11.8 Å². The van der Waals surface area contributed by atoms with Crippen LogP contribution < -0.4 is 16.6 Å². The second-order valence-corrected chi connectivity index (χ2v) is 9.89. The smallest absolute Gasteiger partial charge is 0.325 e. The van der Waals surface area contributed by atoms with Crippen LogP contribution in [0.1, 0.15) is 33.5 Å². The Balaban J connectivity index is 2.01. The van der Waals surface area contributed by atoms with E-state index in [0.717, 1.165) is 16.3 Å². The van der Waals surface area contributed by atoms with Gasteiger partial charge in [-0.15, -0.1) is 0 Å². The van der Waals surface area contributed by atoms with Crippen LogP contribution in [0, 0.1) is 10.1 Å². The number of nitrogens with zero attached hydrogens (tertiary/aromatic N) is 5. The molecule has 2 heterocycles. The largest absolute Gasteiger partial charge is 0.332 e. The standard InChI is InChI=1S/C21H24N6O5S/c1-11(16(28)22-12-7-9-13(10-8-12)27(31)32)33-17-14-15(23-19(24-17)21(2,3)4)25(5)20(30)26(6)18(14)29/h7-11H,1-6H3,(H,22,28). The van der Waals surface area contributed by atoms with Gasteiger partial charge in [-0.1, -0.05) is 32.5 Å². The number of anilines is 1.